The van der Waals surface area contributed by atoms with Gasteiger partial charge in [-0.15, -0.1) is 11.8 Å². The second-order valence-corrected chi connectivity index (χ2v) is 4.64. The predicted octanol–water partition coefficient (Wildman–Crippen LogP) is 1.03. The number of methoxy groups -OCH3 is 1. The lowest BCUT2D eigenvalue weighted by Crippen LogP contribution is -2.26. The van der Waals surface area contributed by atoms with Crippen molar-refractivity contribution in [1.82, 2.24) is 5.32 Å². The first-order chi connectivity index (χ1) is 7.81. The number of aliphatic hydroxyl groups is 1. The molecule has 0 rings (SSSR count). The molecule has 2 N–H and O–H groups in total. The van der Waals surface area contributed by atoms with E-state index >= 15 is 0 Å². The Morgan fingerprint density at radius 3 is 2.75 bits per heavy atom. The number of carbonyl (C=O) groups excluding carboxylic acids is 1. The van der Waals surface area contributed by atoms with Gasteiger partial charge in [0.05, 0.1) is 12.4 Å². The molecule has 0 unspecified atom stereocenters. The van der Waals surface area contributed by atoms with Crippen molar-refractivity contribution in [3.05, 3.63) is 0 Å². The van der Waals surface area contributed by atoms with E-state index in [0.29, 0.717) is 12.4 Å². The summed E-state index contributed by atoms with van der Waals surface area (Å²) in [5, 5.41) is 11.4. The van der Waals surface area contributed by atoms with Crippen LogP contribution in [0.3, 0.4) is 0 Å². The largest absolute Gasteiger partial charge is 0.396 e. The first-order valence-electron chi connectivity index (χ1n) is 5.75. The van der Waals surface area contributed by atoms with Gasteiger partial charge in [-0.05, 0) is 12.8 Å². The van der Waals surface area contributed by atoms with Gasteiger partial charge in [-0.1, -0.05) is 12.8 Å². The van der Waals surface area contributed by atoms with Crippen molar-refractivity contribution >= 4 is 17.7 Å². The SMILES string of the molecule is COCCSCC(=O)NCCCCCCO. The highest BCUT2D eigenvalue weighted by atomic mass is 32.2. The summed E-state index contributed by atoms with van der Waals surface area (Å²) in [5.74, 6) is 1.48. The lowest BCUT2D eigenvalue weighted by Gasteiger charge is -2.04. The zero-order valence-corrected chi connectivity index (χ0v) is 10.9. The van der Waals surface area contributed by atoms with E-state index in [9.17, 15) is 4.79 Å². The van der Waals surface area contributed by atoms with Crippen LogP contribution >= 0.6 is 11.8 Å². The maximum Gasteiger partial charge on any atom is 0.229 e. The molecule has 96 valence electrons. The maximum atomic E-state index is 11.3. The minimum absolute atomic E-state index is 0.100. The van der Waals surface area contributed by atoms with Crippen molar-refractivity contribution in [2.45, 2.75) is 25.7 Å². The fourth-order valence-electron chi connectivity index (χ4n) is 1.18. The monoisotopic (exact) mass is 249 g/mol. The molecular formula is C11H23NO3S. The van der Waals surface area contributed by atoms with Crippen molar-refractivity contribution in [3.63, 3.8) is 0 Å². The number of hydrogen-bond acceptors (Lipinski definition) is 4. The number of thioether (sulfide) groups is 1. The molecule has 0 bridgehead atoms. The molecule has 0 fully saturated rings. The van der Waals surface area contributed by atoms with E-state index in [1.54, 1.807) is 18.9 Å². The maximum absolute atomic E-state index is 11.3. The molecule has 0 aliphatic rings. The average molecular weight is 249 g/mol. The van der Waals surface area contributed by atoms with Gasteiger partial charge in [0, 0.05) is 26.0 Å². The molecule has 5 heteroatoms. The normalized spacial score (nSPS) is 10.4. The Morgan fingerprint density at radius 1 is 1.31 bits per heavy atom. The van der Waals surface area contributed by atoms with Crippen LogP contribution in [0.15, 0.2) is 0 Å². The molecule has 0 saturated carbocycles. The predicted molar refractivity (Wildman–Crippen MR) is 67.8 cm³/mol. The first kappa shape index (κ1) is 15.7. The van der Waals surface area contributed by atoms with Gasteiger partial charge >= 0.3 is 0 Å². The van der Waals surface area contributed by atoms with Crippen molar-refractivity contribution in [3.8, 4) is 0 Å². The zero-order chi connectivity index (χ0) is 12.1. The Labute approximate surface area is 102 Å². The average Bonchev–Trinajstić information content (AvgIpc) is 2.29. The van der Waals surface area contributed by atoms with Crippen molar-refractivity contribution in [2.75, 3.05) is 38.4 Å². The number of carbonyl (C=O) groups is 1. The third-order valence-corrected chi connectivity index (χ3v) is 2.99. The fourth-order valence-corrected chi connectivity index (χ4v) is 1.89. The Kier molecular flexibility index (Phi) is 12.6. The molecule has 1 amide bonds. The highest BCUT2D eigenvalue weighted by molar-refractivity contribution is 7.99. The van der Waals surface area contributed by atoms with Crippen LogP contribution in [0.1, 0.15) is 25.7 Å². The Balaban J connectivity index is 3.11. The van der Waals surface area contributed by atoms with E-state index in [1.807, 2.05) is 0 Å². The summed E-state index contributed by atoms with van der Waals surface area (Å²) in [6.45, 7) is 1.71. The molecule has 0 aromatic heterocycles. The summed E-state index contributed by atoms with van der Waals surface area (Å²) < 4.78 is 4.89. The zero-order valence-electron chi connectivity index (χ0n) is 10.0. The number of aliphatic hydroxyl groups excluding tert-OH is 1. The molecule has 0 aliphatic heterocycles. The van der Waals surface area contributed by atoms with Gasteiger partial charge in [-0.25, -0.2) is 0 Å². The van der Waals surface area contributed by atoms with Gasteiger partial charge in [0.15, 0.2) is 0 Å². The van der Waals surface area contributed by atoms with E-state index in [0.717, 1.165) is 38.0 Å². The summed E-state index contributed by atoms with van der Waals surface area (Å²) >= 11 is 1.59. The van der Waals surface area contributed by atoms with E-state index in [-0.39, 0.29) is 12.5 Å². The minimum atomic E-state index is 0.100. The van der Waals surface area contributed by atoms with Gasteiger partial charge < -0.3 is 15.2 Å². The van der Waals surface area contributed by atoms with Crippen molar-refractivity contribution in [1.29, 1.82) is 0 Å². The van der Waals surface area contributed by atoms with Gasteiger partial charge in [0.2, 0.25) is 5.91 Å². The minimum Gasteiger partial charge on any atom is -0.396 e. The van der Waals surface area contributed by atoms with Gasteiger partial charge in [-0.2, -0.15) is 0 Å². The molecule has 0 aliphatic carbocycles. The molecule has 0 radical (unpaired) electrons. The van der Waals surface area contributed by atoms with Crippen LogP contribution in [0.2, 0.25) is 0 Å². The first-order valence-corrected chi connectivity index (χ1v) is 6.91. The number of rotatable bonds is 11. The number of amides is 1. The van der Waals surface area contributed by atoms with Crippen LogP contribution in [0, 0.1) is 0 Å². The number of nitrogens with one attached hydrogen (secondary N) is 1. The summed E-state index contributed by atoms with van der Waals surface area (Å²) in [5.41, 5.74) is 0. The van der Waals surface area contributed by atoms with Gasteiger partial charge in [0.1, 0.15) is 0 Å². The lowest BCUT2D eigenvalue weighted by molar-refractivity contribution is -0.118. The number of unbranched alkanes of at least 4 members (excludes halogenated alkanes) is 3. The summed E-state index contributed by atoms with van der Waals surface area (Å²) in [7, 11) is 1.66. The Hall–Kier alpha value is -0.260. The molecular weight excluding hydrogens is 226 g/mol. The van der Waals surface area contributed by atoms with E-state index < -0.39 is 0 Å². The summed E-state index contributed by atoms with van der Waals surface area (Å²) in [4.78, 5) is 11.3. The lowest BCUT2D eigenvalue weighted by atomic mass is 10.2. The molecule has 0 heterocycles. The highest BCUT2D eigenvalue weighted by Gasteiger charge is 1.99. The Bertz CT molecular complexity index is 167. The van der Waals surface area contributed by atoms with Crippen LogP contribution in [-0.4, -0.2) is 49.4 Å². The molecule has 0 saturated heterocycles. The topological polar surface area (TPSA) is 58.6 Å². The number of hydrogen-bond donors (Lipinski definition) is 2. The second kappa shape index (κ2) is 12.8. The summed E-state index contributed by atoms with van der Waals surface area (Å²) in [6.07, 6.45) is 3.96. The van der Waals surface area contributed by atoms with E-state index in [4.69, 9.17) is 9.84 Å². The Morgan fingerprint density at radius 2 is 2.06 bits per heavy atom. The van der Waals surface area contributed by atoms with Crippen molar-refractivity contribution < 1.29 is 14.6 Å². The van der Waals surface area contributed by atoms with Gasteiger partial charge in [0.25, 0.3) is 0 Å². The number of ether oxygens (including phenoxy) is 1. The molecule has 0 atom stereocenters. The third-order valence-electron chi connectivity index (χ3n) is 2.07. The molecule has 0 aromatic carbocycles. The van der Waals surface area contributed by atoms with Crippen LogP contribution in [-0.2, 0) is 9.53 Å². The van der Waals surface area contributed by atoms with Crippen molar-refractivity contribution in [2.24, 2.45) is 0 Å². The third kappa shape index (κ3) is 11.8. The fraction of sp³-hybridized carbons (Fsp3) is 0.909. The standard InChI is InChI=1S/C11H23NO3S/c1-15-8-9-16-10-11(14)12-6-4-2-3-5-7-13/h13H,2-10H2,1H3,(H,12,14). The molecule has 4 nitrogen and oxygen atoms in total. The summed E-state index contributed by atoms with van der Waals surface area (Å²) in [6, 6.07) is 0. The van der Waals surface area contributed by atoms with Crippen LogP contribution < -0.4 is 5.32 Å². The smallest absolute Gasteiger partial charge is 0.229 e. The highest BCUT2D eigenvalue weighted by Crippen LogP contribution is 2.00. The molecule has 0 spiro atoms. The molecule has 0 aromatic rings. The van der Waals surface area contributed by atoms with E-state index in [1.165, 1.54) is 0 Å². The van der Waals surface area contributed by atoms with Crippen LogP contribution in [0.5, 0.6) is 0 Å². The van der Waals surface area contributed by atoms with Gasteiger partial charge in [-0.3, -0.25) is 4.79 Å². The van der Waals surface area contributed by atoms with Crippen LogP contribution in [0.4, 0.5) is 0 Å². The van der Waals surface area contributed by atoms with Crippen LogP contribution in [0.25, 0.3) is 0 Å². The second-order valence-electron chi connectivity index (χ2n) is 3.53. The molecule has 16 heavy (non-hydrogen) atoms. The quantitative estimate of drug-likeness (QED) is 0.537. The van der Waals surface area contributed by atoms with E-state index in [2.05, 4.69) is 5.32 Å².